The highest BCUT2D eigenvalue weighted by Crippen LogP contribution is 2.57. The maximum Gasteiger partial charge on any atom is 0.245 e. The van der Waals surface area contributed by atoms with Crippen molar-refractivity contribution in [2.24, 2.45) is 17.1 Å². The SMILES string of the molecule is Cc1cc(Cl)ccc1NC(=O)C1(N)C2CCCOC2C1(C)C.Cl. The van der Waals surface area contributed by atoms with Crippen LogP contribution in [0.25, 0.3) is 0 Å². The van der Waals surface area contributed by atoms with Gasteiger partial charge in [-0.3, -0.25) is 4.79 Å². The molecule has 0 radical (unpaired) electrons. The van der Waals surface area contributed by atoms with E-state index in [0.717, 1.165) is 30.7 Å². The first kappa shape index (κ1) is 18.5. The van der Waals surface area contributed by atoms with Gasteiger partial charge >= 0.3 is 0 Å². The van der Waals surface area contributed by atoms with Crippen LogP contribution in [0, 0.1) is 18.3 Å². The normalized spacial score (nSPS) is 31.3. The molecule has 6 heteroatoms. The molecule has 3 N–H and O–H groups in total. The summed E-state index contributed by atoms with van der Waals surface area (Å²) in [5, 5.41) is 3.65. The molecule has 2 fully saturated rings. The first-order valence-electron chi connectivity index (χ1n) is 7.76. The molecule has 128 valence electrons. The number of anilines is 1. The Hall–Kier alpha value is -0.810. The number of rotatable bonds is 2. The highest BCUT2D eigenvalue weighted by atomic mass is 35.5. The average molecular weight is 359 g/mol. The van der Waals surface area contributed by atoms with Gasteiger partial charge in [-0.1, -0.05) is 25.4 Å². The third-order valence-corrected chi connectivity index (χ3v) is 5.73. The molecule has 1 amide bonds. The maximum atomic E-state index is 12.9. The lowest BCUT2D eigenvalue weighted by molar-refractivity contribution is -0.222. The number of hydrogen-bond acceptors (Lipinski definition) is 3. The number of fused-ring (bicyclic) bond motifs is 1. The van der Waals surface area contributed by atoms with E-state index in [1.165, 1.54) is 0 Å². The van der Waals surface area contributed by atoms with Crippen molar-refractivity contribution in [1.29, 1.82) is 0 Å². The van der Waals surface area contributed by atoms with Crippen LogP contribution in [0.15, 0.2) is 18.2 Å². The maximum absolute atomic E-state index is 12.9. The number of halogens is 2. The van der Waals surface area contributed by atoms with Crippen molar-refractivity contribution in [3.63, 3.8) is 0 Å². The summed E-state index contributed by atoms with van der Waals surface area (Å²) in [5.41, 5.74) is 7.01. The molecule has 2 aliphatic rings. The third-order valence-electron chi connectivity index (χ3n) is 5.50. The number of hydrogen-bond donors (Lipinski definition) is 2. The molecule has 1 aromatic rings. The van der Waals surface area contributed by atoms with Crippen LogP contribution in [0.5, 0.6) is 0 Å². The van der Waals surface area contributed by atoms with Crippen molar-refractivity contribution in [2.45, 2.75) is 45.3 Å². The molecule has 3 atom stereocenters. The van der Waals surface area contributed by atoms with Gasteiger partial charge < -0.3 is 15.8 Å². The Morgan fingerprint density at radius 2 is 2.13 bits per heavy atom. The van der Waals surface area contributed by atoms with Crippen molar-refractivity contribution in [1.82, 2.24) is 0 Å². The number of carbonyl (C=O) groups is 1. The molecule has 23 heavy (non-hydrogen) atoms. The van der Waals surface area contributed by atoms with E-state index in [1.807, 2.05) is 32.9 Å². The first-order valence-corrected chi connectivity index (χ1v) is 8.14. The van der Waals surface area contributed by atoms with E-state index in [-0.39, 0.29) is 35.8 Å². The number of nitrogens with one attached hydrogen (secondary N) is 1. The number of aryl methyl sites for hydroxylation is 1. The molecule has 3 unspecified atom stereocenters. The van der Waals surface area contributed by atoms with Gasteiger partial charge in [0.25, 0.3) is 0 Å². The fourth-order valence-electron chi connectivity index (χ4n) is 4.03. The molecular weight excluding hydrogens is 335 g/mol. The van der Waals surface area contributed by atoms with Gasteiger partial charge in [0, 0.05) is 28.6 Å². The molecule has 1 saturated heterocycles. The minimum absolute atomic E-state index is 0. The van der Waals surface area contributed by atoms with Crippen LogP contribution in [0.2, 0.25) is 5.02 Å². The lowest BCUT2D eigenvalue weighted by atomic mass is 9.46. The zero-order valence-electron chi connectivity index (χ0n) is 13.7. The number of ether oxygens (including phenoxy) is 1. The van der Waals surface area contributed by atoms with Gasteiger partial charge in [0.15, 0.2) is 0 Å². The Labute approximate surface area is 148 Å². The summed E-state index contributed by atoms with van der Waals surface area (Å²) in [6, 6.07) is 5.42. The second-order valence-electron chi connectivity index (χ2n) is 7.04. The molecule has 1 aliphatic heterocycles. The summed E-state index contributed by atoms with van der Waals surface area (Å²) in [6.07, 6.45) is 1.98. The van der Waals surface area contributed by atoms with Gasteiger partial charge in [0.2, 0.25) is 5.91 Å². The molecule has 4 nitrogen and oxygen atoms in total. The third kappa shape index (κ3) is 2.66. The first-order chi connectivity index (χ1) is 10.3. The van der Waals surface area contributed by atoms with Crippen LogP contribution < -0.4 is 11.1 Å². The molecule has 1 aliphatic carbocycles. The summed E-state index contributed by atoms with van der Waals surface area (Å²) >= 11 is 5.96. The number of amides is 1. The second kappa shape index (κ2) is 6.25. The average Bonchev–Trinajstić information content (AvgIpc) is 2.49. The molecule has 1 aromatic carbocycles. The number of carbonyl (C=O) groups excluding carboxylic acids is 1. The summed E-state index contributed by atoms with van der Waals surface area (Å²) in [6.45, 7) is 6.73. The lowest BCUT2D eigenvalue weighted by Crippen LogP contribution is -2.81. The van der Waals surface area contributed by atoms with Gasteiger partial charge in [-0.25, -0.2) is 0 Å². The lowest BCUT2D eigenvalue weighted by Gasteiger charge is -2.65. The molecule has 0 aromatic heterocycles. The van der Waals surface area contributed by atoms with Gasteiger partial charge in [-0.2, -0.15) is 0 Å². The highest BCUT2D eigenvalue weighted by molar-refractivity contribution is 6.30. The van der Waals surface area contributed by atoms with Crippen molar-refractivity contribution < 1.29 is 9.53 Å². The molecular formula is C17H24Cl2N2O2. The van der Waals surface area contributed by atoms with E-state index >= 15 is 0 Å². The minimum atomic E-state index is -0.899. The summed E-state index contributed by atoms with van der Waals surface area (Å²) < 4.78 is 5.85. The van der Waals surface area contributed by atoms with E-state index < -0.39 is 5.54 Å². The topological polar surface area (TPSA) is 64.4 Å². The van der Waals surface area contributed by atoms with Crippen LogP contribution in [-0.4, -0.2) is 24.2 Å². The van der Waals surface area contributed by atoms with Crippen LogP contribution >= 0.6 is 24.0 Å². The quantitative estimate of drug-likeness (QED) is 0.849. The van der Waals surface area contributed by atoms with Crippen molar-refractivity contribution in [3.8, 4) is 0 Å². The fraction of sp³-hybridized carbons (Fsp3) is 0.588. The van der Waals surface area contributed by atoms with Crippen molar-refractivity contribution in [2.75, 3.05) is 11.9 Å². The van der Waals surface area contributed by atoms with E-state index in [9.17, 15) is 4.79 Å². The largest absolute Gasteiger partial charge is 0.377 e. The highest BCUT2D eigenvalue weighted by Gasteiger charge is 2.70. The van der Waals surface area contributed by atoms with Gasteiger partial charge in [-0.05, 0) is 43.5 Å². The Morgan fingerprint density at radius 3 is 2.78 bits per heavy atom. The van der Waals surface area contributed by atoms with Crippen LogP contribution in [0.4, 0.5) is 5.69 Å². The number of benzene rings is 1. The van der Waals surface area contributed by atoms with Crippen molar-refractivity contribution >= 4 is 35.6 Å². The monoisotopic (exact) mass is 358 g/mol. The van der Waals surface area contributed by atoms with E-state index in [4.69, 9.17) is 22.1 Å². The van der Waals surface area contributed by atoms with E-state index in [1.54, 1.807) is 6.07 Å². The van der Waals surface area contributed by atoms with E-state index in [2.05, 4.69) is 5.32 Å². The number of nitrogens with two attached hydrogens (primary N) is 1. The standard InChI is InChI=1S/C17H23ClN2O2.ClH/c1-10-9-11(18)6-7-13(10)20-15(21)17(19)12-5-4-8-22-14(12)16(17,2)3;/h6-7,9,12,14H,4-5,8,19H2,1-3H3,(H,20,21);1H. The van der Waals surface area contributed by atoms with Gasteiger partial charge in [-0.15, -0.1) is 12.4 Å². The fourth-order valence-corrected chi connectivity index (χ4v) is 4.26. The van der Waals surface area contributed by atoms with Crippen molar-refractivity contribution in [3.05, 3.63) is 28.8 Å². The van der Waals surface area contributed by atoms with Crippen LogP contribution in [0.3, 0.4) is 0 Å². The molecule has 3 rings (SSSR count). The molecule has 0 bridgehead atoms. The predicted octanol–water partition coefficient (Wildman–Crippen LogP) is 3.54. The predicted molar refractivity (Wildman–Crippen MR) is 95.2 cm³/mol. The molecule has 1 saturated carbocycles. The van der Waals surface area contributed by atoms with Gasteiger partial charge in [0.1, 0.15) is 5.54 Å². The van der Waals surface area contributed by atoms with E-state index in [0.29, 0.717) is 5.02 Å². The zero-order valence-corrected chi connectivity index (χ0v) is 15.3. The Morgan fingerprint density at radius 1 is 1.43 bits per heavy atom. The van der Waals surface area contributed by atoms with Crippen LogP contribution in [-0.2, 0) is 9.53 Å². The Bertz CT molecular complexity index is 621. The zero-order chi connectivity index (χ0) is 16.1. The second-order valence-corrected chi connectivity index (χ2v) is 7.48. The molecule has 0 spiro atoms. The van der Waals surface area contributed by atoms with Gasteiger partial charge in [0.05, 0.1) is 6.10 Å². The Kier molecular flexibility index (Phi) is 5.03. The summed E-state index contributed by atoms with van der Waals surface area (Å²) in [4.78, 5) is 12.9. The van der Waals surface area contributed by atoms with Crippen LogP contribution in [0.1, 0.15) is 32.3 Å². The minimum Gasteiger partial charge on any atom is -0.377 e. The summed E-state index contributed by atoms with van der Waals surface area (Å²) in [5.74, 6) is -0.0430. The smallest absolute Gasteiger partial charge is 0.245 e. The molecule has 1 heterocycles. The Balaban J connectivity index is 0.00000192. The summed E-state index contributed by atoms with van der Waals surface area (Å²) in [7, 11) is 0.